The number of likely N-dealkylation sites (tertiary alicyclic amines) is 1. The van der Waals surface area contributed by atoms with Crippen LogP contribution in [0.25, 0.3) is 17.0 Å². The number of carbonyl (C=O) groups is 1. The van der Waals surface area contributed by atoms with E-state index in [0.717, 1.165) is 5.69 Å². The number of aromatic nitrogens is 5. The Kier molecular flexibility index (Phi) is 6.08. The summed E-state index contributed by atoms with van der Waals surface area (Å²) in [5.41, 5.74) is 0.829. The lowest BCUT2D eigenvalue weighted by molar-refractivity contribution is -0.0402. The maximum Gasteiger partial charge on any atom is 0.410 e. The van der Waals surface area contributed by atoms with Crippen LogP contribution in [0.2, 0.25) is 0 Å². The molecule has 194 valence electrons. The lowest BCUT2D eigenvalue weighted by atomic mass is 9.87. The van der Waals surface area contributed by atoms with Crippen LogP contribution in [0.4, 0.5) is 13.6 Å². The molecule has 1 N–H and O–H groups in total. The lowest BCUT2D eigenvalue weighted by Gasteiger charge is -2.33. The van der Waals surface area contributed by atoms with Crippen LogP contribution in [0.15, 0.2) is 21.6 Å². The molecule has 10 nitrogen and oxygen atoms in total. The fourth-order valence-corrected chi connectivity index (χ4v) is 4.95. The van der Waals surface area contributed by atoms with E-state index >= 15 is 0 Å². The zero-order valence-corrected chi connectivity index (χ0v) is 20.6. The molecule has 0 unspecified atom stereocenters. The zero-order chi connectivity index (χ0) is 25.7. The fourth-order valence-electron chi connectivity index (χ4n) is 4.95. The third-order valence-electron chi connectivity index (χ3n) is 6.85. The third-order valence-corrected chi connectivity index (χ3v) is 6.85. The van der Waals surface area contributed by atoms with Crippen LogP contribution >= 0.6 is 0 Å². The Balaban J connectivity index is 1.35. The van der Waals surface area contributed by atoms with Gasteiger partial charge in [-0.3, -0.25) is 4.79 Å². The molecule has 5 rings (SSSR count). The molecule has 1 amide bonds. The molecule has 0 radical (unpaired) electrons. The van der Waals surface area contributed by atoms with E-state index in [1.54, 1.807) is 15.6 Å². The molecule has 0 aromatic carbocycles. The molecule has 2 aliphatic rings. The highest BCUT2D eigenvalue weighted by Gasteiger charge is 2.37. The van der Waals surface area contributed by atoms with Gasteiger partial charge in [-0.25, -0.2) is 18.1 Å². The van der Waals surface area contributed by atoms with Crippen LogP contribution < -0.4 is 5.56 Å². The molecule has 1 aliphatic heterocycles. The number of hydrogen-bond acceptors (Lipinski definition) is 7. The van der Waals surface area contributed by atoms with Crippen molar-refractivity contribution < 1.29 is 22.8 Å². The summed E-state index contributed by atoms with van der Waals surface area (Å²) in [7, 11) is 0. The van der Waals surface area contributed by atoms with Crippen molar-refractivity contribution >= 4 is 11.7 Å². The van der Waals surface area contributed by atoms with Crippen molar-refractivity contribution in [2.24, 2.45) is 0 Å². The molecule has 12 heteroatoms. The van der Waals surface area contributed by atoms with Crippen LogP contribution in [-0.4, -0.2) is 60.3 Å². The number of alkyl halides is 2. The Hall–Kier alpha value is -3.31. The minimum absolute atomic E-state index is 0.0194. The van der Waals surface area contributed by atoms with Crippen LogP contribution in [0, 0.1) is 0 Å². The summed E-state index contributed by atoms with van der Waals surface area (Å²) in [6.45, 7) is 6.52. The summed E-state index contributed by atoms with van der Waals surface area (Å²) in [5.74, 6) is -2.25. The van der Waals surface area contributed by atoms with Gasteiger partial charge in [0, 0.05) is 43.8 Å². The molecular weight excluding hydrogens is 474 g/mol. The van der Waals surface area contributed by atoms with Crippen molar-refractivity contribution in [3.8, 4) is 11.4 Å². The smallest absolute Gasteiger partial charge is 0.410 e. The lowest BCUT2D eigenvalue weighted by Crippen LogP contribution is -2.41. The van der Waals surface area contributed by atoms with Gasteiger partial charge in [-0.15, -0.1) is 0 Å². The molecule has 0 bridgehead atoms. The molecular formula is C24H30F2N6O4. The molecule has 3 aromatic heterocycles. The average Bonchev–Trinajstić information content (AvgIpc) is 3.45. The summed E-state index contributed by atoms with van der Waals surface area (Å²) in [6, 6.07) is 1.53. The molecule has 4 heterocycles. The Morgan fingerprint density at radius 2 is 1.86 bits per heavy atom. The van der Waals surface area contributed by atoms with Gasteiger partial charge in [-0.2, -0.15) is 10.1 Å². The molecule has 1 aliphatic carbocycles. The van der Waals surface area contributed by atoms with E-state index in [4.69, 9.17) is 9.26 Å². The van der Waals surface area contributed by atoms with Gasteiger partial charge in [-0.1, -0.05) is 5.16 Å². The SMILES string of the molecule is CC(C)(C)OC(=O)N1CCC(c2cc(=O)[nH]c3c(-c4noc(C5CCC(F)(F)CC5)n4)cnn23)CC1. The number of aromatic amines is 1. The van der Waals surface area contributed by atoms with Crippen molar-refractivity contribution in [1.82, 2.24) is 29.6 Å². The summed E-state index contributed by atoms with van der Waals surface area (Å²) in [5, 5.41) is 8.52. The van der Waals surface area contributed by atoms with E-state index in [0.29, 0.717) is 43.0 Å². The first-order valence-electron chi connectivity index (χ1n) is 12.3. The van der Waals surface area contributed by atoms with E-state index in [-0.39, 0.29) is 55.0 Å². The van der Waals surface area contributed by atoms with E-state index in [2.05, 4.69) is 20.2 Å². The third kappa shape index (κ3) is 4.98. The standard InChI is InChI=1S/C24H30F2N6O4/c1-23(2,3)35-22(34)31-10-6-14(7-11-31)17-12-18(33)28-20-16(13-27-32(17)20)19-29-21(36-30-19)15-4-8-24(25,26)9-5-15/h12-15H,4-11H2,1-3H3,(H,28,33). The predicted octanol–water partition coefficient (Wildman–Crippen LogP) is 4.48. The number of nitrogens with one attached hydrogen (secondary N) is 1. The Bertz CT molecular complexity index is 1310. The number of fused-ring (bicyclic) bond motifs is 1. The van der Waals surface area contributed by atoms with Crippen molar-refractivity contribution in [1.29, 1.82) is 0 Å². The van der Waals surface area contributed by atoms with Crippen molar-refractivity contribution in [3.05, 3.63) is 34.2 Å². The first kappa shape index (κ1) is 24.4. The second-order valence-electron chi connectivity index (χ2n) is 10.7. The highest BCUT2D eigenvalue weighted by Crippen LogP contribution is 2.40. The summed E-state index contributed by atoms with van der Waals surface area (Å²) < 4.78 is 39.6. The molecule has 1 saturated heterocycles. The van der Waals surface area contributed by atoms with E-state index in [1.807, 2.05) is 20.8 Å². The highest BCUT2D eigenvalue weighted by molar-refractivity contribution is 5.72. The normalized spacial score (nSPS) is 19.6. The second kappa shape index (κ2) is 8.97. The van der Waals surface area contributed by atoms with Gasteiger partial charge in [-0.05, 0) is 46.5 Å². The molecule has 1 saturated carbocycles. The number of rotatable bonds is 3. The Labute approximate surface area is 206 Å². The van der Waals surface area contributed by atoms with Crippen LogP contribution in [0.5, 0.6) is 0 Å². The van der Waals surface area contributed by atoms with E-state index in [9.17, 15) is 18.4 Å². The van der Waals surface area contributed by atoms with Gasteiger partial charge in [0.2, 0.25) is 17.6 Å². The molecule has 2 fully saturated rings. The van der Waals surface area contributed by atoms with Gasteiger partial charge < -0.3 is 19.1 Å². The number of hydrogen-bond donors (Lipinski definition) is 1. The number of carbonyl (C=O) groups excluding carboxylic acids is 1. The highest BCUT2D eigenvalue weighted by atomic mass is 19.3. The monoisotopic (exact) mass is 504 g/mol. The zero-order valence-electron chi connectivity index (χ0n) is 20.6. The van der Waals surface area contributed by atoms with Gasteiger partial charge in [0.05, 0.1) is 17.5 Å². The van der Waals surface area contributed by atoms with Crippen LogP contribution in [-0.2, 0) is 4.74 Å². The number of piperidine rings is 1. The molecule has 3 aromatic rings. The second-order valence-corrected chi connectivity index (χ2v) is 10.7. The summed E-state index contributed by atoms with van der Waals surface area (Å²) in [6.07, 6.45) is 2.71. The van der Waals surface area contributed by atoms with Crippen LogP contribution in [0.1, 0.15) is 82.7 Å². The Morgan fingerprint density at radius 3 is 2.53 bits per heavy atom. The number of ether oxygens (including phenoxy) is 1. The molecule has 0 atom stereocenters. The first-order valence-corrected chi connectivity index (χ1v) is 12.3. The molecule has 36 heavy (non-hydrogen) atoms. The maximum atomic E-state index is 13.5. The summed E-state index contributed by atoms with van der Waals surface area (Å²) in [4.78, 5) is 33.9. The van der Waals surface area contributed by atoms with Crippen molar-refractivity contribution in [3.63, 3.8) is 0 Å². The van der Waals surface area contributed by atoms with Gasteiger partial charge in [0.25, 0.3) is 5.56 Å². The Morgan fingerprint density at radius 1 is 1.17 bits per heavy atom. The number of halogens is 2. The van der Waals surface area contributed by atoms with E-state index < -0.39 is 11.5 Å². The predicted molar refractivity (Wildman–Crippen MR) is 125 cm³/mol. The quantitative estimate of drug-likeness (QED) is 0.559. The van der Waals surface area contributed by atoms with E-state index in [1.165, 1.54) is 6.07 Å². The fraction of sp³-hybridized carbons (Fsp3) is 0.625. The largest absolute Gasteiger partial charge is 0.444 e. The number of amides is 1. The molecule has 0 spiro atoms. The number of H-pyrrole nitrogens is 1. The minimum Gasteiger partial charge on any atom is -0.444 e. The van der Waals surface area contributed by atoms with Gasteiger partial charge in [0.15, 0.2) is 0 Å². The first-order chi connectivity index (χ1) is 17.0. The number of nitrogens with zero attached hydrogens (tertiary/aromatic N) is 5. The van der Waals surface area contributed by atoms with Crippen molar-refractivity contribution in [2.75, 3.05) is 13.1 Å². The maximum absolute atomic E-state index is 13.5. The van der Waals surface area contributed by atoms with Gasteiger partial charge in [0.1, 0.15) is 11.2 Å². The minimum atomic E-state index is -2.64. The topological polar surface area (TPSA) is 119 Å². The van der Waals surface area contributed by atoms with Crippen LogP contribution in [0.3, 0.4) is 0 Å². The average molecular weight is 505 g/mol. The van der Waals surface area contributed by atoms with Gasteiger partial charge >= 0.3 is 6.09 Å². The van der Waals surface area contributed by atoms with Crippen molar-refractivity contribution in [2.45, 2.75) is 82.7 Å². The summed E-state index contributed by atoms with van der Waals surface area (Å²) >= 11 is 0.